The summed E-state index contributed by atoms with van der Waals surface area (Å²) in [7, 11) is 0. The van der Waals surface area contributed by atoms with Crippen molar-refractivity contribution in [3.8, 4) is 10.6 Å². The van der Waals surface area contributed by atoms with E-state index in [2.05, 4.69) is 5.16 Å². The van der Waals surface area contributed by atoms with E-state index in [1.165, 1.54) is 0 Å². The fourth-order valence-corrected chi connectivity index (χ4v) is 1.57. The van der Waals surface area contributed by atoms with Gasteiger partial charge in [-0.2, -0.15) is 0 Å². The molecule has 2 nitrogen and oxygen atoms in total. The maximum absolute atomic E-state index is 5.07. The Labute approximate surface area is 68.5 Å². The number of hydrogen-bond acceptors (Lipinski definition) is 3. The largest absolute Gasteiger partial charge is 0.355 e. The van der Waals surface area contributed by atoms with Crippen molar-refractivity contribution in [2.75, 3.05) is 0 Å². The highest BCUT2D eigenvalue weighted by Crippen LogP contribution is 2.24. The van der Waals surface area contributed by atoms with Crippen LogP contribution in [0.3, 0.4) is 0 Å². The van der Waals surface area contributed by atoms with Crippen LogP contribution >= 0.6 is 11.3 Å². The first-order valence-electron chi connectivity index (χ1n) is 3.33. The normalized spacial score (nSPS) is 10.3. The average Bonchev–Trinajstić information content (AvgIpc) is 2.55. The quantitative estimate of drug-likeness (QED) is 0.649. The Bertz CT molecular complexity index is 337. The van der Waals surface area contributed by atoms with E-state index in [9.17, 15) is 0 Å². The first kappa shape index (κ1) is 6.61. The van der Waals surface area contributed by atoms with E-state index in [0.717, 1.165) is 16.3 Å². The van der Waals surface area contributed by atoms with E-state index >= 15 is 0 Å². The molecule has 0 radical (unpaired) electrons. The van der Waals surface area contributed by atoms with E-state index in [-0.39, 0.29) is 0 Å². The van der Waals surface area contributed by atoms with Gasteiger partial charge in [0.2, 0.25) is 0 Å². The molecule has 0 saturated carbocycles. The smallest absolute Gasteiger partial charge is 0.177 e. The minimum Gasteiger partial charge on any atom is -0.355 e. The summed E-state index contributed by atoms with van der Waals surface area (Å²) in [6, 6.07) is 5.95. The van der Waals surface area contributed by atoms with Crippen molar-refractivity contribution in [2.24, 2.45) is 0 Å². The summed E-state index contributed by atoms with van der Waals surface area (Å²) in [5, 5.41) is 5.83. The molecular weight excluding hydrogens is 158 g/mol. The molecular formula is C8H7NOS. The van der Waals surface area contributed by atoms with E-state index in [0.29, 0.717) is 0 Å². The van der Waals surface area contributed by atoms with Crippen LogP contribution in [0.2, 0.25) is 0 Å². The van der Waals surface area contributed by atoms with Gasteiger partial charge >= 0.3 is 0 Å². The Balaban J connectivity index is 2.45. The standard InChI is InChI=1S/C8H7NOS/c1-6-5-7(10-9-6)8-3-2-4-11-8/h2-5H,1H3. The molecule has 0 fully saturated rings. The highest BCUT2D eigenvalue weighted by molar-refractivity contribution is 7.13. The minimum atomic E-state index is 0.859. The third-order valence-corrected chi connectivity index (χ3v) is 2.28. The number of nitrogens with zero attached hydrogens (tertiary/aromatic N) is 1. The van der Waals surface area contributed by atoms with Gasteiger partial charge < -0.3 is 4.52 Å². The van der Waals surface area contributed by atoms with E-state index < -0.39 is 0 Å². The molecule has 0 bridgehead atoms. The monoisotopic (exact) mass is 165 g/mol. The highest BCUT2D eigenvalue weighted by atomic mass is 32.1. The van der Waals surface area contributed by atoms with Gasteiger partial charge in [-0.3, -0.25) is 0 Å². The molecule has 0 saturated heterocycles. The number of hydrogen-bond donors (Lipinski definition) is 0. The third kappa shape index (κ3) is 1.19. The fraction of sp³-hybridized carbons (Fsp3) is 0.125. The maximum atomic E-state index is 5.07. The molecule has 0 spiro atoms. The molecule has 2 aromatic rings. The van der Waals surface area contributed by atoms with Crippen LogP contribution in [0, 0.1) is 6.92 Å². The summed E-state index contributed by atoms with van der Waals surface area (Å²) >= 11 is 1.66. The van der Waals surface area contributed by atoms with Crippen molar-refractivity contribution < 1.29 is 4.52 Å². The zero-order valence-electron chi connectivity index (χ0n) is 6.07. The summed E-state index contributed by atoms with van der Waals surface area (Å²) in [4.78, 5) is 1.13. The number of aryl methyl sites for hydroxylation is 1. The number of rotatable bonds is 1. The van der Waals surface area contributed by atoms with Gasteiger partial charge in [0.05, 0.1) is 10.6 Å². The SMILES string of the molecule is Cc1cc(-c2cccs2)on1. The van der Waals surface area contributed by atoms with Crippen LogP contribution in [0.5, 0.6) is 0 Å². The van der Waals surface area contributed by atoms with Crippen molar-refractivity contribution in [1.29, 1.82) is 0 Å². The lowest BCUT2D eigenvalue weighted by Gasteiger charge is -1.82. The van der Waals surface area contributed by atoms with Crippen LogP contribution in [0.15, 0.2) is 28.1 Å². The van der Waals surface area contributed by atoms with E-state index in [1.807, 2.05) is 30.5 Å². The van der Waals surface area contributed by atoms with Gasteiger partial charge in [0.15, 0.2) is 5.76 Å². The molecule has 0 aliphatic rings. The lowest BCUT2D eigenvalue weighted by molar-refractivity contribution is 0.428. The van der Waals surface area contributed by atoms with Gasteiger partial charge in [0.1, 0.15) is 0 Å². The predicted molar refractivity (Wildman–Crippen MR) is 44.6 cm³/mol. The Kier molecular flexibility index (Phi) is 1.51. The van der Waals surface area contributed by atoms with E-state index in [4.69, 9.17) is 4.52 Å². The average molecular weight is 165 g/mol. The van der Waals surface area contributed by atoms with Gasteiger partial charge in [-0.25, -0.2) is 0 Å². The van der Waals surface area contributed by atoms with Crippen LogP contribution in [0.25, 0.3) is 10.6 Å². The molecule has 0 aliphatic carbocycles. The molecule has 56 valence electrons. The summed E-state index contributed by atoms with van der Waals surface area (Å²) in [5.41, 5.74) is 0.924. The highest BCUT2D eigenvalue weighted by Gasteiger charge is 2.03. The van der Waals surface area contributed by atoms with Gasteiger partial charge in [0, 0.05) is 6.07 Å². The van der Waals surface area contributed by atoms with Crippen molar-refractivity contribution in [3.63, 3.8) is 0 Å². The van der Waals surface area contributed by atoms with Gasteiger partial charge in [-0.15, -0.1) is 11.3 Å². The molecule has 0 atom stereocenters. The minimum absolute atomic E-state index is 0.859. The van der Waals surface area contributed by atoms with Gasteiger partial charge in [0.25, 0.3) is 0 Å². The molecule has 2 rings (SSSR count). The lowest BCUT2D eigenvalue weighted by Crippen LogP contribution is -1.60. The number of thiophene rings is 1. The van der Waals surface area contributed by atoms with Crippen molar-refractivity contribution >= 4 is 11.3 Å². The first-order valence-corrected chi connectivity index (χ1v) is 4.21. The van der Waals surface area contributed by atoms with Crippen molar-refractivity contribution in [2.45, 2.75) is 6.92 Å². The van der Waals surface area contributed by atoms with Crippen LogP contribution in [0.1, 0.15) is 5.69 Å². The Morgan fingerprint density at radius 2 is 2.45 bits per heavy atom. The molecule has 3 heteroatoms. The molecule has 0 N–H and O–H groups in total. The Morgan fingerprint density at radius 3 is 3.00 bits per heavy atom. The third-order valence-electron chi connectivity index (χ3n) is 1.39. The molecule has 0 unspecified atom stereocenters. The van der Waals surface area contributed by atoms with Crippen molar-refractivity contribution in [1.82, 2.24) is 5.16 Å². The summed E-state index contributed by atoms with van der Waals surface area (Å²) in [6.07, 6.45) is 0. The second-order valence-corrected chi connectivity index (χ2v) is 3.26. The zero-order valence-corrected chi connectivity index (χ0v) is 6.89. The predicted octanol–water partition coefficient (Wildman–Crippen LogP) is 2.71. The molecule has 0 amide bonds. The van der Waals surface area contributed by atoms with E-state index in [1.54, 1.807) is 11.3 Å². The molecule has 11 heavy (non-hydrogen) atoms. The van der Waals surface area contributed by atoms with Crippen LogP contribution in [-0.4, -0.2) is 5.16 Å². The molecule has 0 aromatic carbocycles. The summed E-state index contributed by atoms with van der Waals surface area (Å²) in [5.74, 6) is 0.859. The topological polar surface area (TPSA) is 26.0 Å². The second-order valence-electron chi connectivity index (χ2n) is 2.31. The van der Waals surface area contributed by atoms with Crippen molar-refractivity contribution in [3.05, 3.63) is 29.3 Å². The molecule has 2 heterocycles. The number of aromatic nitrogens is 1. The molecule has 2 aromatic heterocycles. The fourth-order valence-electron chi connectivity index (χ4n) is 0.898. The van der Waals surface area contributed by atoms with Crippen LogP contribution in [-0.2, 0) is 0 Å². The second kappa shape index (κ2) is 2.51. The van der Waals surface area contributed by atoms with Gasteiger partial charge in [-0.05, 0) is 18.4 Å². The van der Waals surface area contributed by atoms with Crippen LogP contribution in [0.4, 0.5) is 0 Å². The first-order chi connectivity index (χ1) is 5.36. The lowest BCUT2D eigenvalue weighted by atomic mass is 10.3. The zero-order chi connectivity index (χ0) is 7.68. The summed E-state index contributed by atoms with van der Waals surface area (Å²) in [6.45, 7) is 1.92. The van der Waals surface area contributed by atoms with Gasteiger partial charge in [-0.1, -0.05) is 11.2 Å². The Hall–Kier alpha value is -1.09. The Morgan fingerprint density at radius 1 is 1.55 bits per heavy atom. The maximum Gasteiger partial charge on any atom is 0.177 e. The molecule has 0 aliphatic heterocycles. The summed E-state index contributed by atoms with van der Waals surface area (Å²) < 4.78 is 5.07. The van der Waals surface area contributed by atoms with Crippen LogP contribution < -0.4 is 0 Å².